The molecule has 0 spiro atoms. The smallest absolute Gasteiger partial charge is 0.248 e. The number of hydrogen-bond donors (Lipinski definition) is 1. The molecule has 7 heteroatoms. The molecule has 1 aliphatic rings. The van der Waals surface area contributed by atoms with Gasteiger partial charge >= 0.3 is 0 Å². The number of nitrogens with zero attached hydrogens (tertiary/aromatic N) is 4. The standard InChI is InChI=1S/C33H30ClN5O/c34-27-14-9-25(10-15-27)11-18-32(40)35-28-16-12-26(13-17-28)33-30(39-19-5-4-8-31(39)36-33)24-37-20-22-38(23-21-37)29-6-2-1-3-7-29/h1-19H,20-24H2,(H,35,40)/b18-11+. The summed E-state index contributed by atoms with van der Waals surface area (Å²) in [6.07, 6.45) is 5.38. The summed E-state index contributed by atoms with van der Waals surface area (Å²) in [5, 5.41) is 3.60. The Morgan fingerprint density at radius 1 is 0.850 bits per heavy atom. The molecule has 0 atom stereocenters. The van der Waals surface area contributed by atoms with Crippen molar-refractivity contribution < 1.29 is 4.79 Å². The van der Waals surface area contributed by atoms with E-state index in [0.29, 0.717) is 5.02 Å². The highest BCUT2D eigenvalue weighted by Gasteiger charge is 2.21. The van der Waals surface area contributed by atoms with Crippen molar-refractivity contribution in [3.63, 3.8) is 0 Å². The van der Waals surface area contributed by atoms with Crippen LogP contribution in [0.2, 0.25) is 5.02 Å². The second-order valence-electron chi connectivity index (χ2n) is 9.89. The maximum atomic E-state index is 12.5. The van der Waals surface area contributed by atoms with Gasteiger partial charge in [0.25, 0.3) is 0 Å². The van der Waals surface area contributed by atoms with Gasteiger partial charge < -0.3 is 14.6 Å². The lowest BCUT2D eigenvalue weighted by Gasteiger charge is -2.36. The van der Waals surface area contributed by atoms with Gasteiger partial charge in [0.1, 0.15) is 5.65 Å². The number of carbonyl (C=O) groups is 1. The van der Waals surface area contributed by atoms with Crippen molar-refractivity contribution in [1.82, 2.24) is 14.3 Å². The van der Waals surface area contributed by atoms with Gasteiger partial charge in [-0.15, -0.1) is 0 Å². The highest BCUT2D eigenvalue weighted by atomic mass is 35.5. The first-order valence-corrected chi connectivity index (χ1v) is 13.8. The lowest BCUT2D eigenvalue weighted by molar-refractivity contribution is -0.111. The summed E-state index contributed by atoms with van der Waals surface area (Å²) >= 11 is 5.93. The number of rotatable bonds is 7. The predicted octanol–water partition coefficient (Wildman–Crippen LogP) is 6.63. The van der Waals surface area contributed by atoms with Gasteiger partial charge in [-0.25, -0.2) is 4.98 Å². The molecule has 40 heavy (non-hydrogen) atoms. The zero-order valence-electron chi connectivity index (χ0n) is 22.1. The van der Waals surface area contributed by atoms with E-state index in [0.717, 1.165) is 60.9 Å². The second kappa shape index (κ2) is 11.8. The second-order valence-corrected chi connectivity index (χ2v) is 10.3. The van der Waals surface area contributed by atoms with E-state index in [2.05, 4.69) is 56.0 Å². The molecule has 1 amide bonds. The fourth-order valence-electron chi connectivity index (χ4n) is 5.08. The molecule has 1 fully saturated rings. The van der Waals surface area contributed by atoms with Crippen LogP contribution in [0, 0.1) is 0 Å². The number of fused-ring (bicyclic) bond motifs is 1. The van der Waals surface area contributed by atoms with E-state index in [1.165, 1.54) is 17.5 Å². The summed E-state index contributed by atoms with van der Waals surface area (Å²) in [5.74, 6) is -0.189. The van der Waals surface area contributed by atoms with E-state index in [-0.39, 0.29) is 5.91 Å². The maximum Gasteiger partial charge on any atom is 0.248 e. The van der Waals surface area contributed by atoms with Crippen LogP contribution in [-0.4, -0.2) is 46.4 Å². The summed E-state index contributed by atoms with van der Waals surface area (Å²) in [6.45, 7) is 4.79. The Morgan fingerprint density at radius 3 is 2.33 bits per heavy atom. The number of piperazine rings is 1. The third kappa shape index (κ3) is 5.93. The van der Waals surface area contributed by atoms with Crippen LogP contribution in [0.4, 0.5) is 11.4 Å². The number of imidazole rings is 1. The first kappa shape index (κ1) is 25.9. The molecule has 0 saturated carbocycles. The van der Waals surface area contributed by atoms with Crippen LogP contribution in [0.3, 0.4) is 0 Å². The van der Waals surface area contributed by atoms with Gasteiger partial charge in [-0.3, -0.25) is 9.69 Å². The van der Waals surface area contributed by atoms with Crippen LogP contribution in [0.1, 0.15) is 11.3 Å². The molecule has 3 aromatic carbocycles. The zero-order valence-corrected chi connectivity index (χ0v) is 22.8. The van der Waals surface area contributed by atoms with Crippen molar-refractivity contribution in [1.29, 1.82) is 0 Å². The highest BCUT2D eigenvalue weighted by molar-refractivity contribution is 6.30. The molecule has 0 aliphatic carbocycles. The molecule has 2 aromatic heterocycles. The van der Waals surface area contributed by atoms with Gasteiger partial charge in [0.15, 0.2) is 0 Å². The average molecular weight is 548 g/mol. The summed E-state index contributed by atoms with van der Waals surface area (Å²) in [6, 6.07) is 32.0. The molecule has 5 aromatic rings. The highest BCUT2D eigenvalue weighted by Crippen LogP contribution is 2.28. The molecule has 200 valence electrons. The number of hydrogen-bond acceptors (Lipinski definition) is 4. The first-order chi connectivity index (χ1) is 19.6. The molecule has 1 saturated heterocycles. The maximum absolute atomic E-state index is 12.5. The minimum absolute atomic E-state index is 0.189. The number of amides is 1. The number of pyridine rings is 1. The van der Waals surface area contributed by atoms with E-state index >= 15 is 0 Å². The Balaban J connectivity index is 1.16. The fraction of sp³-hybridized carbons (Fsp3) is 0.152. The minimum Gasteiger partial charge on any atom is -0.369 e. The third-order valence-electron chi connectivity index (χ3n) is 7.22. The van der Waals surface area contributed by atoms with Crippen molar-refractivity contribution in [3.05, 3.63) is 126 Å². The molecular weight excluding hydrogens is 518 g/mol. The monoisotopic (exact) mass is 547 g/mol. The molecule has 1 N–H and O–H groups in total. The zero-order chi connectivity index (χ0) is 27.3. The van der Waals surface area contributed by atoms with Crippen LogP contribution >= 0.6 is 11.6 Å². The molecule has 6 nitrogen and oxygen atoms in total. The lowest BCUT2D eigenvalue weighted by Crippen LogP contribution is -2.46. The molecular formula is C33H30ClN5O. The largest absolute Gasteiger partial charge is 0.369 e. The summed E-state index contributed by atoms with van der Waals surface area (Å²) in [5.41, 5.74) is 7.03. The Kier molecular flexibility index (Phi) is 7.62. The molecule has 0 radical (unpaired) electrons. The Bertz CT molecular complexity index is 1620. The fourth-order valence-corrected chi connectivity index (χ4v) is 5.21. The van der Waals surface area contributed by atoms with Crippen LogP contribution in [0.5, 0.6) is 0 Å². The molecule has 6 rings (SSSR count). The molecule has 3 heterocycles. The number of para-hydroxylation sites is 1. The van der Waals surface area contributed by atoms with Crippen molar-refractivity contribution >= 4 is 40.6 Å². The summed E-state index contributed by atoms with van der Waals surface area (Å²) in [7, 11) is 0. The van der Waals surface area contributed by atoms with Gasteiger partial charge in [0, 0.05) is 67.0 Å². The Hall–Kier alpha value is -4.39. The number of halogens is 1. The topological polar surface area (TPSA) is 52.9 Å². The van der Waals surface area contributed by atoms with Gasteiger partial charge in [-0.1, -0.05) is 60.1 Å². The predicted molar refractivity (Wildman–Crippen MR) is 164 cm³/mol. The molecule has 1 aliphatic heterocycles. The van der Waals surface area contributed by atoms with E-state index in [1.807, 2.05) is 54.6 Å². The van der Waals surface area contributed by atoms with Gasteiger partial charge in [0.05, 0.1) is 11.4 Å². The van der Waals surface area contributed by atoms with Crippen LogP contribution in [0.25, 0.3) is 23.0 Å². The Morgan fingerprint density at radius 2 is 1.57 bits per heavy atom. The molecule has 0 unspecified atom stereocenters. The number of nitrogens with one attached hydrogen (secondary N) is 1. The minimum atomic E-state index is -0.189. The normalized spacial score (nSPS) is 14.2. The number of aromatic nitrogens is 2. The van der Waals surface area contributed by atoms with Crippen molar-refractivity contribution in [3.8, 4) is 11.3 Å². The quantitative estimate of drug-likeness (QED) is 0.232. The van der Waals surface area contributed by atoms with Crippen molar-refractivity contribution in [2.24, 2.45) is 0 Å². The molecule has 0 bridgehead atoms. The Labute approximate surface area is 239 Å². The summed E-state index contributed by atoms with van der Waals surface area (Å²) in [4.78, 5) is 22.4. The van der Waals surface area contributed by atoms with Crippen LogP contribution < -0.4 is 10.2 Å². The van der Waals surface area contributed by atoms with E-state index in [9.17, 15) is 4.79 Å². The van der Waals surface area contributed by atoms with Gasteiger partial charge in [0.2, 0.25) is 5.91 Å². The number of anilines is 2. The van der Waals surface area contributed by atoms with Crippen molar-refractivity contribution in [2.45, 2.75) is 6.54 Å². The van der Waals surface area contributed by atoms with E-state index in [4.69, 9.17) is 16.6 Å². The summed E-state index contributed by atoms with van der Waals surface area (Å²) < 4.78 is 2.19. The van der Waals surface area contributed by atoms with Gasteiger partial charge in [-0.05, 0) is 60.2 Å². The average Bonchev–Trinajstić information content (AvgIpc) is 3.36. The van der Waals surface area contributed by atoms with Crippen molar-refractivity contribution in [2.75, 3.05) is 36.4 Å². The number of benzene rings is 3. The third-order valence-corrected chi connectivity index (χ3v) is 7.47. The van der Waals surface area contributed by atoms with Crippen LogP contribution in [0.15, 0.2) is 109 Å². The lowest BCUT2D eigenvalue weighted by atomic mass is 10.1. The van der Waals surface area contributed by atoms with Gasteiger partial charge in [-0.2, -0.15) is 0 Å². The van der Waals surface area contributed by atoms with E-state index in [1.54, 1.807) is 18.2 Å². The number of carbonyl (C=O) groups excluding carboxylic acids is 1. The first-order valence-electron chi connectivity index (χ1n) is 13.5. The van der Waals surface area contributed by atoms with E-state index < -0.39 is 0 Å². The van der Waals surface area contributed by atoms with Crippen LogP contribution in [-0.2, 0) is 11.3 Å². The SMILES string of the molecule is O=C(/C=C/c1ccc(Cl)cc1)Nc1ccc(-c2nc3ccccn3c2CN2CCN(c3ccccc3)CC2)cc1.